The zero-order valence-electron chi connectivity index (χ0n) is 12.1. The highest BCUT2D eigenvalue weighted by molar-refractivity contribution is 7.88. The molecule has 2 aliphatic heterocycles. The number of nitrogens with zero attached hydrogens (tertiary/aromatic N) is 1. The van der Waals surface area contributed by atoms with Crippen LogP contribution in [0.2, 0.25) is 0 Å². The molecule has 2 fully saturated rings. The van der Waals surface area contributed by atoms with Gasteiger partial charge in [-0.15, -0.1) is 0 Å². The van der Waals surface area contributed by atoms with Gasteiger partial charge in [0.2, 0.25) is 15.9 Å². The molecular weight excluding hydrogens is 288 g/mol. The Balaban J connectivity index is 1.76. The van der Waals surface area contributed by atoms with Crippen molar-refractivity contribution in [1.82, 2.24) is 9.62 Å². The van der Waals surface area contributed by atoms with E-state index in [-0.39, 0.29) is 23.7 Å². The highest BCUT2D eigenvalue weighted by atomic mass is 32.2. The number of sulfonamides is 1. The van der Waals surface area contributed by atoms with E-state index in [2.05, 4.69) is 5.32 Å². The Morgan fingerprint density at radius 2 is 1.95 bits per heavy atom. The van der Waals surface area contributed by atoms with Crippen molar-refractivity contribution in [3.63, 3.8) is 0 Å². The van der Waals surface area contributed by atoms with E-state index in [0.29, 0.717) is 25.8 Å². The topological polar surface area (TPSA) is 66.5 Å². The molecule has 2 atom stereocenters. The lowest BCUT2D eigenvalue weighted by atomic mass is 10.00. The van der Waals surface area contributed by atoms with E-state index in [0.717, 1.165) is 11.1 Å². The molecule has 0 aromatic heterocycles. The van der Waals surface area contributed by atoms with E-state index >= 15 is 0 Å². The maximum absolute atomic E-state index is 12.6. The molecule has 0 spiro atoms. The molecule has 114 valence electrons. The standard InChI is InChI=1S/C15H20N2O3S/c1-11-2-4-12(5-3-11)10-21(19,20)17-9-8-13-14(17)6-7-15(18)16-13/h2-5,13-14H,6-10H2,1H3,(H,16,18)/t13-,14-/m0/s1. The average Bonchev–Trinajstić information content (AvgIpc) is 2.85. The molecule has 2 saturated heterocycles. The van der Waals surface area contributed by atoms with Crippen molar-refractivity contribution in [2.24, 2.45) is 0 Å². The maximum atomic E-state index is 12.6. The van der Waals surface area contributed by atoms with Gasteiger partial charge in [0.15, 0.2) is 0 Å². The van der Waals surface area contributed by atoms with Crippen LogP contribution in [0.5, 0.6) is 0 Å². The van der Waals surface area contributed by atoms with Crippen LogP contribution in [0, 0.1) is 6.92 Å². The van der Waals surface area contributed by atoms with Gasteiger partial charge in [-0.2, -0.15) is 4.31 Å². The van der Waals surface area contributed by atoms with E-state index in [1.807, 2.05) is 31.2 Å². The maximum Gasteiger partial charge on any atom is 0.220 e. The lowest BCUT2D eigenvalue weighted by molar-refractivity contribution is -0.123. The number of amides is 1. The SMILES string of the molecule is Cc1ccc(CS(=O)(=O)N2CC[C@@H]3NC(=O)CC[C@@H]32)cc1. The molecule has 2 heterocycles. The van der Waals surface area contributed by atoms with Crippen LogP contribution in [0.25, 0.3) is 0 Å². The monoisotopic (exact) mass is 308 g/mol. The third kappa shape index (κ3) is 2.96. The average molecular weight is 308 g/mol. The molecule has 1 N–H and O–H groups in total. The number of piperidine rings is 1. The lowest BCUT2D eigenvalue weighted by Gasteiger charge is -2.31. The lowest BCUT2D eigenvalue weighted by Crippen LogP contribution is -2.50. The molecule has 0 aliphatic carbocycles. The summed E-state index contributed by atoms with van der Waals surface area (Å²) in [4.78, 5) is 11.4. The van der Waals surface area contributed by atoms with Crippen molar-refractivity contribution in [2.75, 3.05) is 6.54 Å². The molecule has 2 aliphatic rings. The predicted octanol–water partition coefficient (Wildman–Crippen LogP) is 1.18. The minimum absolute atomic E-state index is 0.0148. The van der Waals surface area contributed by atoms with Crippen LogP contribution in [0.1, 0.15) is 30.4 Å². The molecule has 0 radical (unpaired) electrons. The first-order valence-electron chi connectivity index (χ1n) is 7.30. The van der Waals surface area contributed by atoms with Gasteiger partial charge < -0.3 is 5.32 Å². The van der Waals surface area contributed by atoms with E-state index in [1.165, 1.54) is 0 Å². The normalized spacial score (nSPS) is 26.4. The van der Waals surface area contributed by atoms with Gasteiger partial charge in [-0.25, -0.2) is 8.42 Å². The van der Waals surface area contributed by atoms with E-state index in [4.69, 9.17) is 0 Å². The third-order valence-electron chi connectivity index (χ3n) is 4.34. The molecule has 21 heavy (non-hydrogen) atoms. The number of aryl methyl sites for hydroxylation is 1. The number of carbonyl (C=O) groups is 1. The van der Waals surface area contributed by atoms with Gasteiger partial charge in [-0.1, -0.05) is 29.8 Å². The van der Waals surface area contributed by atoms with Crippen molar-refractivity contribution in [1.29, 1.82) is 0 Å². The number of carbonyl (C=O) groups excluding carboxylic acids is 1. The number of nitrogens with one attached hydrogen (secondary N) is 1. The summed E-state index contributed by atoms with van der Waals surface area (Å²) >= 11 is 0. The molecular formula is C15H20N2O3S. The summed E-state index contributed by atoms with van der Waals surface area (Å²) in [5, 5.41) is 2.91. The summed E-state index contributed by atoms with van der Waals surface area (Å²) in [6, 6.07) is 7.50. The van der Waals surface area contributed by atoms with Gasteiger partial charge >= 0.3 is 0 Å². The van der Waals surface area contributed by atoms with Gasteiger partial charge in [-0.3, -0.25) is 4.79 Å². The molecule has 3 rings (SSSR count). The molecule has 1 aromatic carbocycles. The third-order valence-corrected chi connectivity index (χ3v) is 6.20. The minimum Gasteiger partial charge on any atom is -0.352 e. The van der Waals surface area contributed by atoms with Gasteiger partial charge in [-0.05, 0) is 25.3 Å². The summed E-state index contributed by atoms with van der Waals surface area (Å²) in [5.74, 6) is 0.0683. The number of rotatable bonds is 3. The van der Waals surface area contributed by atoms with Gasteiger partial charge in [0.1, 0.15) is 0 Å². The van der Waals surface area contributed by atoms with Crippen LogP contribution in [0.4, 0.5) is 0 Å². The Hall–Kier alpha value is -1.40. The van der Waals surface area contributed by atoms with Gasteiger partial charge in [0.05, 0.1) is 5.75 Å². The van der Waals surface area contributed by atoms with E-state index in [9.17, 15) is 13.2 Å². The van der Waals surface area contributed by atoms with Crippen molar-refractivity contribution in [2.45, 2.75) is 44.0 Å². The van der Waals surface area contributed by atoms with Crippen LogP contribution in [-0.4, -0.2) is 37.3 Å². The summed E-state index contributed by atoms with van der Waals surface area (Å²) in [5.41, 5.74) is 1.93. The van der Waals surface area contributed by atoms with Gasteiger partial charge in [0, 0.05) is 25.0 Å². The second-order valence-corrected chi connectivity index (χ2v) is 7.84. The Morgan fingerprint density at radius 3 is 2.67 bits per heavy atom. The Bertz CT molecular complexity index is 639. The Labute approximate surface area is 125 Å². The minimum atomic E-state index is -3.33. The molecule has 1 amide bonds. The van der Waals surface area contributed by atoms with E-state index < -0.39 is 10.0 Å². The number of benzene rings is 1. The first kappa shape index (κ1) is 14.5. The quantitative estimate of drug-likeness (QED) is 0.912. The summed E-state index contributed by atoms with van der Waals surface area (Å²) in [6.07, 6.45) is 1.75. The Morgan fingerprint density at radius 1 is 1.24 bits per heavy atom. The molecule has 0 saturated carbocycles. The molecule has 1 aromatic rings. The molecule has 0 bridgehead atoms. The number of hydrogen-bond acceptors (Lipinski definition) is 3. The second-order valence-electron chi connectivity index (χ2n) is 5.92. The predicted molar refractivity (Wildman–Crippen MR) is 80.1 cm³/mol. The number of hydrogen-bond donors (Lipinski definition) is 1. The summed E-state index contributed by atoms with van der Waals surface area (Å²) < 4.78 is 26.9. The Kier molecular flexibility index (Phi) is 3.75. The zero-order valence-corrected chi connectivity index (χ0v) is 12.9. The molecule has 0 unspecified atom stereocenters. The highest BCUT2D eigenvalue weighted by Crippen LogP contribution is 2.29. The molecule has 5 nitrogen and oxygen atoms in total. The van der Waals surface area contributed by atoms with Crippen molar-refractivity contribution < 1.29 is 13.2 Å². The van der Waals surface area contributed by atoms with E-state index in [1.54, 1.807) is 4.31 Å². The highest BCUT2D eigenvalue weighted by Gasteiger charge is 2.43. The van der Waals surface area contributed by atoms with Gasteiger partial charge in [0.25, 0.3) is 0 Å². The number of fused-ring (bicyclic) bond motifs is 1. The van der Waals surface area contributed by atoms with Crippen LogP contribution < -0.4 is 5.32 Å². The molecule has 6 heteroatoms. The first-order chi connectivity index (χ1) is 9.95. The second kappa shape index (κ2) is 5.42. The van der Waals surface area contributed by atoms with Crippen molar-refractivity contribution in [3.8, 4) is 0 Å². The zero-order chi connectivity index (χ0) is 15.0. The van der Waals surface area contributed by atoms with Crippen LogP contribution in [0.15, 0.2) is 24.3 Å². The first-order valence-corrected chi connectivity index (χ1v) is 8.91. The summed E-state index contributed by atoms with van der Waals surface area (Å²) in [7, 11) is -3.33. The summed E-state index contributed by atoms with van der Waals surface area (Å²) in [6.45, 7) is 2.48. The van der Waals surface area contributed by atoms with Crippen molar-refractivity contribution >= 4 is 15.9 Å². The fraction of sp³-hybridized carbons (Fsp3) is 0.533. The fourth-order valence-electron chi connectivity index (χ4n) is 3.22. The van der Waals surface area contributed by atoms with Crippen LogP contribution in [0.3, 0.4) is 0 Å². The van der Waals surface area contributed by atoms with Crippen molar-refractivity contribution in [3.05, 3.63) is 35.4 Å². The van der Waals surface area contributed by atoms with Crippen LogP contribution in [-0.2, 0) is 20.6 Å². The largest absolute Gasteiger partial charge is 0.352 e. The smallest absolute Gasteiger partial charge is 0.220 e. The fourth-order valence-corrected chi connectivity index (χ4v) is 5.05. The van der Waals surface area contributed by atoms with Crippen LogP contribution >= 0.6 is 0 Å².